The van der Waals surface area contributed by atoms with Gasteiger partial charge in [-0.2, -0.15) is 8.60 Å². The molecule has 3 nitrogen and oxygen atoms in total. The summed E-state index contributed by atoms with van der Waals surface area (Å²) in [5, 5.41) is 0. The van der Waals surface area contributed by atoms with Crippen LogP contribution in [0.25, 0.3) is 0 Å². The van der Waals surface area contributed by atoms with Gasteiger partial charge in [0.2, 0.25) is 0 Å². The van der Waals surface area contributed by atoms with Crippen LogP contribution >= 0.6 is 8.60 Å². The molecule has 0 saturated carbocycles. The Bertz CT molecular complexity index is 11.6. The van der Waals surface area contributed by atoms with Crippen LogP contribution in [0.2, 0.25) is 0 Å². The van der Waals surface area contributed by atoms with Crippen LogP contribution in [-0.4, -0.2) is 4.89 Å². The molecule has 34 valence electrons. The molecule has 5 heteroatoms. The molecular formula is HNiO3P. The number of hydrogen-bond acceptors (Lipinski definition) is 3. The average Bonchev–Trinajstić information content (AvgIpc) is 0.811. The zero-order valence-electron chi connectivity index (χ0n) is 2.03. The summed E-state index contributed by atoms with van der Waals surface area (Å²) >= 11 is 0. The summed E-state index contributed by atoms with van der Waals surface area (Å²) in [7, 11) is -3.12. The maximum Gasteiger partial charge on any atom is 2.00 e. The molecule has 5 heavy (non-hydrogen) atoms. The van der Waals surface area contributed by atoms with Crippen molar-refractivity contribution >= 4 is 8.60 Å². The molecule has 1 N–H and O–H groups in total. The topological polar surface area (TPSA) is 66.3 Å². The Morgan fingerprint density at radius 1 is 1.40 bits per heavy atom. The summed E-state index contributed by atoms with van der Waals surface area (Å²) < 4.78 is 0. The van der Waals surface area contributed by atoms with Crippen molar-refractivity contribution in [3.8, 4) is 0 Å². The molecule has 0 aliphatic carbocycles. The minimum Gasteiger partial charge on any atom is -0.820 e. The maximum atomic E-state index is 8.59. The van der Waals surface area contributed by atoms with E-state index < -0.39 is 8.60 Å². The molecule has 0 unspecified atom stereocenters. The van der Waals surface area contributed by atoms with Crippen molar-refractivity contribution < 1.29 is 31.2 Å². The van der Waals surface area contributed by atoms with Crippen LogP contribution in [-0.2, 0) is 16.5 Å². The third kappa shape index (κ3) is 58.5. The Kier molecular flexibility index (Phi) is 8.89. The van der Waals surface area contributed by atoms with E-state index in [1.807, 2.05) is 0 Å². The predicted molar refractivity (Wildman–Crippen MR) is 9.14 cm³/mol. The van der Waals surface area contributed by atoms with Gasteiger partial charge in [-0.15, -0.1) is 0 Å². The Hall–Kier alpha value is 0.804. The summed E-state index contributed by atoms with van der Waals surface area (Å²) in [4.78, 5) is 24.2. The molecule has 0 radical (unpaired) electrons. The first-order chi connectivity index (χ1) is 1.73. The Morgan fingerprint density at radius 3 is 1.40 bits per heavy atom. The largest absolute Gasteiger partial charge is 2.00 e. The van der Waals surface area contributed by atoms with E-state index in [1.54, 1.807) is 0 Å². The van der Waals surface area contributed by atoms with Crippen LogP contribution in [0.3, 0.4) is 0 Å². The summed E-state index contributed by atoms with van der Waals surface area (Å²) in [5.74, 6) is 0. The standard InChI is InChI=1S/Ni.HO3P/c;1-4(2)3/h;1H/q+2;-2. The maximum absolute atomic E-state index is 8.59. The van der Waals surface area contributed by atoms with Gasteiger partial charge in [-0.3, -0.25) is 0 Å². The van der Waals surface area contributed by atoms with E-state index in [0.717, 1.165) is 0 Å². The Morgan fingerprint density at radius 2 is 1.40 bits per heavy atom. The van der Waals surface area contributed by atoms with Crippen molar-refractivity contribution in [2.45, 2.75) is 0 Å². The summed E-state index contributed by atoms with van der Waals surface area (Å²) in [6, 6.07) is 0. The first kappa shape index (κ1) is 9.26. The van der Waals surface area contributed by atoms with Gasteiger partial charge in [-0.1, -0.05) is 0 Å². The van der Waals surface area contributed by atoms with Gasteiger partial charge in [-0.05, 0) is 0 Å². The van der Waals surface area contributed by atoms with Crippen molar-refractivity contribution in [1.29, 1.82) is 0 Å². The van der Waals surface area contributed by atoms with E-state index >= 15 is 0 Å². The molecular weight excluding hydrogens is 138 g/mol. The van der Waals surface area contributed by atoms with Gasteiger partial charge in [0.15, 0.2) is 0 Å². The second-order valence-corrected chi connectivity index (χ2v) is 0.714. The van der Waals surface area contributed by atoms with Crippen LogP contribution in [0.15, 0.2) is 0 Å². The molecule has 0 atom stereocenters. The normalized spacial score (nSPS) is 7.20. The van der Waals surface area contributed by atoms with E-state index in [1.165, 1.54) is 0 Å². The van der Waals surface area contributed by atoms with Crippen LogP contribution in [0.5, 0.6) is 0 Å². The summed E-state index contributed by atoms with van der Waals surface area (Å²) in [5.41, 5.74) is 0. The minimum absolute atomic E-state index is 0. The van der Waals surface area contributed by atoms with Gasteiger partial charge in [0.05, 0.1) is 0 Å². The average molecular weight is 139 g/mol. The minimum atomic E-state index is -3.12. The molecule has 0 aliphatic heterocycles. The van der Waals surface area contributed by atoms with Crippen LogP contribution in [0.1, 0.15) is 0 Å². The van der Waals surface area contributed by atoms with E-state index in [-0.39, 0.29) is 16.5 Å². The van der Waals surface area contributed by atoms with Gasteiger partial charge < -0.3 is 14.7 Å². The molecule has 0 aliphatic rings. The second-order valence-electron chi connectivity index (χ2n) is 0.238. The van der Waals surface area contributed by atoms with E-state index in [4.69, 9.17) is 14.7 Å². The van der Waals surface area contributed by atoms with Gasteiger partial charge in [-0.25, -0.2) is 0 Å². The third-order valence-electron chi connectivity index (χ3n) is 0. The van der Waals surface area contributed by atoms with Gasteiger partial charge in [0, 0.05) is 0 Å². The molecule has 0 amide bonds. The fourth-order valence-electron chi connectivity index (χ4n) is 0. The number of hydrogen-bond donors (Lipinski definition) is 1. The fraction of sp³-hybridized carbons (Fsp3) is 0. The first-order valence-corrected chi connectivity index (χ1v) is 1.70. The summed E-state index contributed by atoms with van der Waals surface area (Å²) in [6.45, 7) is 0. The molecule has 0 bridgehead atoms. The zero-order valence-corrected chi connectivity index (χ0v) is 3.91. The summed E-state index contributed by atoms with van der Waals surface area (Å²) in [6.07, 6.45) is 0. The zero-order chi connectivity index (χ0) is 3.58. The monoisotopic (exact) mass is 138 g/mol. The van der Waals surface area contributed by atoms with Gasteiger partial charge in [0.1, 0.15) is 0 Å². The van der Waals surface area contributed by atoms with Crippen LogP contribution < -0.4 is 9.79 Å². The van der Waals surface area contributed by atoms with E-state index in [2.05, 4.69) is 0 Å². The Labute approximate surface area is 40.6 Å². The first-order valence-electron chi connectivity index (χ1n) is 0.565. The van der Waals surface area contributed by atoms with Crippen LogP contribution in [0.4, 0.5) is 0 Å². The number of rotatable bonds is 0. The van der Waals surface area contributed by atoms with Crippen molar-refractivity contribution in [2.24, 2.45) is 0 Å². The molecule has 0 aromatic carbocycles. The van der Waals surface area contributed by atoms with Crippen LogP contribution in [0, 0.1) is 0 Å². The SMILES string of the molecule is [Ni+2].[O-]P([O-])O. The smallest absolute Gasteiger partial charge is 0.820 e. The van der Waals surface area contributed by atoms with Crippen molar-refractivity contribution in [2.75, 3.05) is 0 Å². The third-order valence-corrected chi connectivity index (χ3v) is 0. The quantitative estimate of drug-likeness (QED) is 0.309. The fourth-order valence-corrected chi connectivity index (χ4v) is 0. The molecule has 0 spiro atoms. The second kappa shape index (κ2) is 4.80. The Balaban J connectivity index is 0. The predicted octanol–water partition coefficient (Wildman–Crippen LogP) is -2.08. The van der Waals surface area contributed by atoms with Crippen molar-refractivity contribution in [3.05, 3.63) is 0 Å². The van der Waals surface area contributed by atoms with E-state index in [0.29, 0.717) is 0 Å². The molecule has 0 aromatic rings. The molecule has 0 fully saturated rings. The molecule has 0 aromatic heterocycles. The molecule has 0 rings (SSSR count). The molecule has 0 heterocycles. The van der Waals surface area contributed by atoms with Gasteiger partial charge >= 0.3 is 16.5 Å². The molecule has 0 saturated heterocycles. The van der Waals surface area contributed by atoms with Crippen molar-refractivity contribution in [1.82, 2.24) is 0 Å². The van der Waals surface area contributed by atoms with Crippen molar-refractivity contribution in [3.63, 3.8) is 0 Å². The van der Waals surface area contributed by atoms with Gasteiger partial charge in [0.25, 0.3) is 0 Å². The van der Waals surface area contributed by atoms with E-state index in [9.17, 15) is 0 Å².